The molecule has 1 aliphatic rings. The van der Waals surface area contributed by atoms with Crippen molar-refractivity contribution in [3.05, 3.63) is 63.7 Å². The molecule has 27 heavy (non-hydrogen) atoms. The number of carbonyl (C=O) groups is 2. The van der Waals surface area contributed by atoms with Gasteiger partial charge in [0.1, 0.15) is 5.75 Å². The number of hydrogen-bond acceptors (Lipinski definition) is 6. The average molecular weight is 370 g/mol. The summed E-state index contributed by atoms with van der Waals surface area (Å²) in [6.07, 6.45) is -0.198. The van der Waals surface area contributed by atoms with Crippen molar-refractivity contribution in [2.24, 2.45) is 0 Å². The van der Waals surface area contributed by atoms with Gasteiger partial charge in [-0.15, -0.1) is 0 Å². The van der Waals surface area contributed by atoms with E-state index in [1.54, 1.807) is 24.3 Å². The number of hydrogen-bond donors (Lipinski definition) is 0. The van der Waals surface area contributed by atoms with Crippen LogP contribution in [-0.4, -0.2) is 30.0 Å². The van der Waals surface area contributed by atoms with Crippen LogP contribution in [0, 0.1) is 10.1 Å². The van der Waals surface area contributed by atoms with Crippen LogP contribution in [0.15, 0.2) is 42.5 Å². The summed E-state index contributed by atoms with van der Waals surface area (Å²) in [4.78, 5) is 36.6. The van der Waals surface area contributed by atoms with Crippen LogP contribution in [0.25, 0.3) is 0 Å². The van der Waals surface area contributed by atoms with Crippen molar-refractivity contribution in [2.45, 2.75) is 26.0 Å². The van der Waals surface area contributed by atoms with E-state index in [-0.39, 0.29) is 18.1 Å². The molecular weight excluding hydrogens is 352 g/mol. The van der Waals surface area contributed by atoms with Crippen molar-refractivity contribution in [2.75, 3.05) is 12.0 Å². The Balaban J connectivity index is 2.01. The number of nitro benzene ring substituents is 1. The van der Waals surface area contributed by atoms with E-state index in [9.17, 15) is 19.7 Å². The second-order valence-corrected chi connectivity index (χ2v) is 6.04. The zero-order valence-electron chi connectivity index (χ0n) is 14.9. The molecule has 0 N–H and O–H groups in total. The topological polar surface area (TPSA) is 99.0 Å². The lowest BCUT2D eigenvalue weighted by Gasteiger charge is -2.34. The molecule has 8 nitrogen and oxygen atoms in total. The third kappa shape index (κ3) is 3.59. The van der Waals surface area contributed by atoms with Crippen molar-refractivity contribution < 1.29 is 24.0 Å². The van der Waals surface area contributed by atoms with Gasteiger partial charge >= 0.3 is 5.97 Å². The Kier molecular flexibility index (Phi) is 5.07. The van der Waals surface area contributed by atoms with E-state index < -0.39 is 17.0 Å². The monoisotopic (exact) mass is 370 g/mol. The number of non-ortho nitro benzene ring substituents is 1. The van der Waals surface area contributed by atoms with Gasteiger partial charge in [0, 0.05) is 12.1 Å². The standard InChI is InChI=1S/C19H18N2O6/c1-3-16-18(22)20(11-12-5-4-6-13(9-12)19(23)26-2)15-10-14(21(24)25)7-8-17(15)27-16/h4-10,16H,3,11H2,1-2H3. The van der Waals surface area contributed by atoms with E-state index in [0.29, 0.717) is 29.0 Å². The summed E-state index contributed by atoms with van der Waals surface area (Å²) in [5.74, 6) is -0.349. The minimum Gasteiger partial charge on any atom is -0.478 e. The summed E-state index contributed by atoms with van der Waals surface area (Å²) in [6, 6.07) is 10.9. The predicted octanol–water partition coefficient (Wildman–Crippen LogP) is 3.09. The van der Waals surface area contributed by atoms with E-state index in [1.165, 1.54) is 30.2 Å². The fourth-order valence-corrected chi connectivity index (χ4v) is 2.94. The number of ether oxygens (including phenoxy) is 2. The van der Waals surface area contributed by atoms with Gasteiger partial charge in [-0.3, -0.25) is 14.9 Å². The summed E-state index contributed by atoms with van der Waals surface area (Å²) in [5, 5.41) is 11.1. The zero-order valence-corrected chi connectivity index (χ0v) is 14.9. The maximum Gasteiger partial charge on any atom is 0.337 e. The zero-order chi connectivity index (χ0) is 19.6. The number of esters is 1. The normalized spacial score (nSPS) is 15.7. The Bertz CT molecular complexity index is 911. The summed E-state index contributed by atoms with van der Waals surface area (Å²) < 4.78 is 10.4. The van der Waals surface area contributed by atoms with E-state index in [4.69, 9.17) is 9.47 Å². The highest BCUT2D eigenvalue weighted by Gasteiger charge is 2.34. The molecule has 0 radical (unpaired) electrons. The largest absolute Gasteiger partial charge is 0.478 e. The number of amides is 1. The maximum absolute atomic E-state index is 12.8. The van der Waals surface area contributed by atoms with Crippen LogP contribution < -0.4 is 9.64 Å². The Hall–Kier alpha value is -3.42. The van der Waals surface area contributed by atoms with Crippen molar-refractivity contribution in [1.82, 2.24) is 0 Å². The number of rotatable bonds is 5. The molecule has 2 aromatic rings. The Labute approximate surface area is 155 Å². The predicted molar refractivity (Wildman–Crippen MR) is 96.8 cm³/mol. The molecule has 1 unspecified atom stereocenters. The first-order valence-corrected chi connectivity index (χ1v) is 8.38. The smallest absolute Gasteiger partial charge is 0.337 e. The molecule has 0 saturated carbocycles. The van der Waals surface area contributed by atoms with Gasteiger partial charge in [-0.1, -0.05) is 19.1 Å². The lowest BCUT2D eigenvalue weighted by atomic mass is 10.1. The number of fused-ring (bicyclic) bond motifs is 1. The first-order chi connectivity index (χ1) is 12.9. The van der Waals surface area contributed by atoms with Crippen molar-refractivity contribution in [3.63, 3.8) is 0 Å². The van der Waals surface area contributed by atoms with Crippen LogP contribution in [0.4, 0.5) is 11.4 Å². The molecule has 1 aliphatic heterocycles. The highest BCUT2D eigenvalue weighted by molar-refractivity contribution is 6.00. The van der Waals surface area contributed by atoms with Crippen LogP contribution in [-0.2, 0) is 16.1 Å². The Morgan fingerprint density at radius 3 is 2.74 bits per heavy atom. The van der Waals surface area contributed by atoms with Gasteiger partial charge in [0.15, 0.2) is 6.10 Å². The lowest BCUT2D eigenvalue weighted by molar-refractivity contribution is -0.384. The van der Waals surface area contributed by atoms with Crippen molar-refractivity contribution in [3.8, 4) is 5.75 Å². The molecule has 0 aliphatic carbocycles. The maximum atomic E-state index is 12.8. The van der Waals surface area contributed by atoms with Gasteiger partial charge in [-0.25, -0.2) is 4.79 Å². The van der Waals surface area contributed by atoms with Crippen LogP contribution in [0.3, 0.4) is 0 Å². The molecule has 0 fully saturated rings. The SMILES string of the molecule is CCC1Oc2ccc([N+](=O)[O-])cc2N(Cc2cccc(C(=O)OC)c2)C1=O. The van der Waals surface area contributed by atoms with E-state index in [0.717, 1.165) is 0 Å². The Morgan fingerprint density at radius 2 is 2.07 bits per heavy atom. The van der Waals surface area contributed by atoms with Gasteiger partial charge in [-0.05, 0) is 30.2 Å². The number of anilines is 1. The molecule has 140 valence electrons. The summed E-state index contributed by atoms with van der Waals surface area (Å²) in [7, 11) is 1.29. The lowest BCUT2D eigenvalue weighted by Crippen LogP contribution is -2.45. The minimum absolute atomic E-state index is 0.131. The number of benzene rings is 2. The van der Waals surface area contributed by atoms with Crippen molar-refractivity contribution in [1.29, 1.82) is 0 Å². The van der Waals surface area contributed by atoms with Gasteiger partial charge < -0.3 is 14.4 Å². The first-order valence-electron chi connectivity index (χ1n) is 8.38. The Morgan fingerprint density at radius 1 is 1.30 bits per heavy atom. The van der Waals surface area contributed by atoms with Gasteiger partial charge in [-0.2, -0.15) is 0 Å². The number of nitro groups is 1. The first kappa shape index (κ1) is 18.4. The fourth-order valence-electron chi connectivity index (χ4n) is 2.94. The second kappa shape index (κ2) is 7.45. The summed E-state index contributed by atoms with van der Waals surface area (Å²) in [5.41, 5.74) is 1.26. The molecule has 0 saturated heterocycles. The number of carbonyl (C=O) groups excluding carboxylic acids is 2. The van der Waals surface area contributed by atoms with Crippen LogP contribution >= 0.6 is 0 Å². The van der Waals surface area contributed by atoms with Crippen molar-refractivity contribution >= 4 is 23.3 Å². The second-order valence-electron chi connectivity index (χ2n) is 6.04. The van der Waals surface area contributed by atoms with Gasteiger partial charge in [0.25, 0.3) is 11.6 Å². The van der Waals surface area contributed by atoms with E-state index in [2.05, 4.69) is 0 Å². The molecule has 2 aromatic carbocycles. The highest BCUT2D eigenvalue weighted by Crippen LogP contribution is 2.38. The summed E-state index contributed by atoms with van der Waals surface area (Å²) in [6.45, 7) is 1.98. The van der Waals surface area contributed by atoms with Crippen LogP contribution in [0.2, 0.25) is 0 Å². The molecule has 0 aromatic heterocycles. The minimum atomic E-state index is -0.664. The molecular formula is C19H18N2O6. The van der Waals surface area contributed by atoms with Gasteiger partial charge in [0.2, 0.25) is 0 Å². The third-order valence-corrected chi connectivity index (χ3v) is 4.31. The van der Waals surface area contributed by atoms with E-state index >= 15 is 0 Å². The average Bonchev–Trinajstić information content (AvgIpc) is 2.69. The fraction of sp³-hybridized carbons (Fsp3) is 0.263. The van der Waals surface area contributed by atoms with Crippen LogP contribution in [0.1, 0.15) is 29.3 Å². The quantitative estimate of drug-likeness (QED) is 0.456. The molecule has 1 amide bonds. The third-order valence-electron chi connectivity index (χ3n) is 4.31. The molecule has 3 rings (SSSR count). The molecule has 0 spiro atoms. The molecule has 0 bridgehead atoms. The molecule has 1 heterocycles. The van der Waals surface area contributed by atoms with Gasteiger partial charge in [0.05, 0.1) is 29.8 Å². The summed E-state index contributed by atoms with van der Waals surface area (Å²) >= 11 is 0. The molecule has 1 atom stereocenters. The van der Waals surface area contributed by atoms with Crippen LogP contribution in [0.5, 0.6) is 5.75 Å². The van der Waals surface area contributed by atoms with E-state index in [1.807, 2.05) is 6.92 Å². The molecule has 8 heteroatoms. The number of methoxy groups -OCH3 is 1. The highest BCUT2D eigenvalue weighted by atomic mass is 16.6. The number of nitrogens with zero attached hydrogens (tertiary/aromatic N) is 2.